The second-order valence-electron chi connectivity index (χ2n) is 7.45. The van der Waals surface area contributed by atoms with Crippen molar-refractivity contribution in [2.24, 2.45) is 0 Å². The lowest BCUT2D eigenvalue weighted by atomic mass is 9.92. The molecule has 3 heterocycles. The number of fused-ring (bicyclic) bond motifs is 2. The van der Waals surface area contributed by atoms with Gasteiger partial charge in [-0.25, -0.2) is 0 Å². The fourth-order valence-electron chi connectivity index (χ4n) is 3.92. The van der Waals surface area contributed by atoms with Crippen LogP contribution in [-0.2, 0) is 28.7 Å². The number of thioether (sulfide) groups is 1. The van der Waals surface area contributed by atoms with Gasteiger partial charge < -0.3 is 25.2 Å². The number of aliphatic hydroxyl groups is 4. The van der Waals surface area contributed by atoms with Crippen molar-refractivity contribution < 1.29 is 38.3 Å². The molecule has 10 heteroatoms. The lowest BCUT2D eigenvalue weighted by Gasteiger charge is -2.49. The largest absolute Gasteiger partial charge is 0.416 e. The van der Waals surface area contributed by atoms with Gasteiger partial charge in [0, 0.05) is 28.2 Å². The molecule has 4 rings (SSSR count). The van der Waals surface area contributed by atoms with Gasteiger partial charge in [0.1, 0.15) is 12.2 Å². The molecule has 1 spiro atoms. The quantitative estimate of drug-likeness (QED) is 0.560. The number of ether oxygens (including phenoxy) is 1. The first-order chi connectivity index (χ1) is 14.2. The van der Waals surface area contributed by atoms with Crippen LogP contribution in [0.4, 0.5) is 13.2 Å². The molecule has 2 aliphatic rings. The van der Waals surface area contributed by atoms with Crippen molar-refractivity contribution in [2.75, 3.05) is 13.2 Å². The van der Waals surface area contributed by atoms with Crippen molar-refractivity contribution in [1.82, 2.24) is 0 Å². The molecule has 0 saturated carbocycles. The second-order valence-corrected chi connectivity index (χ2v) is 10.1. The molecule has 0 unspecified atom stereocenters. The zero-order valence-corrected chi connectivity index (χ0v) is 17.3. The molecule has 0 radical (unpaired) electrons. The van der Waals surface area contributed by atoms with Crippen molar-refractivity contribution >= 4 is 23.1 Å². The highest BCUT2D eigenvalue weighted by Gasteiger charge is 2.57. The van der Waals surface area contributed by atoms with Gasteiger partial charge in [-0.15, -0.1) is 23.1 Å². The maximum absolute atomic E-state index is 12.8. The predicted octanol–water partition coefficient (Wildman–Crippen LogP) is 2.27. The van der Waals surface area contributed by atoms with Crippen LogP contribution < -0.4 is 0 Å². The first kappa shape index (κ1) is 22.1. The Balaban J connectivity index is 1.63. The third-order valence-corrected chi connectivity index (χ3v) is 8.35. The predicted molar refractivity (Wildman–Crippen MR) is 106 cm³/mol. The molecule has 5 atom stereocenters. The minimum Gasteiger partial charge on any atom is -0.395 e. The number of hydrogen-bond acceptors (Lipinski definition) is 7. The summed E-state index contributed by atoms with van der Waals surface area (Å²) in [5.41, 5.74) is 0.702. The number of benzene rings is 1. The van der Waals surface area contributed by atoms with Gasteiger partial charge in [0.25, 0.3) is 0 Å². The second kappa shape index (κ2) is 8.09. The molecule has 5 nitrogen and oxygen atoms in total. The molecule has 2 aliphatic heterocycles. The number of aliphatic hydroxyl groups excluding tert-OH is 4. The monoisotopic (exact) mass is 462 g/mol. The van der Waals surface area contributed by atoms with Crippen LogP contribution in [0.3, 0.4) is 0 Å². The van der Waals surface area contributed by atoms with E-state index in [1.54, 1.807) is 0 Å². The van der Waals surface area contributed by atoms with Crippen LogP contribution in [0.1, 0.15) is 26.4 Å². The SMILES string of the molecule is OC[C@H]1S[C@]2(OCCc3sc(Cc4ccc(C(F)(F)F)cc4)cc32)[C@H](O)[C@@H](O)[C@@H]1O. The maximum Gasteiger partial charge on any atom is 0.416 e. The number of alkyl halides is 3. The van der Waals surface area contributed by atoms with Gasteiger partial charge in [-0.05, 0) is 23.8 Å². The number of hydrogen-bond donors (Lipinski definition) is 4. The van der Waals surface area contributed by atoms with E-state index in [1.807, 2.05) is 6.07 Å². The Morgan fingerprint density at radius 2 is 1.80 bits per heavy atom. The van der Waals surface area contributed by atoms with E-state index in [9.17, 15) is 33.6 Å². The fourth-order valence-corrected chi connectivity index (χ4v) is 6.79. The molecule has 164 valence electrons. The summed E-state index contributed by atoms with van der Waals surface area (Å²) in [6.45, 7) is -0.0864. The summed E-state index contributed by atoms with van der Waals surface area (Å²) in [6, 6.07) is 6.83. The van der Waals surface area contributed by atoms with Crippen molar-refractivity contribution in [3.63, 3.8) is 0 Å². The summed E-state index contributed by atoms with van der Waals surface area (Å²) < 4.78 is 44.2. The van der Waals surface area contributed by atoms with Crippen molar-refractivity contribution in [3.05, 3.63) is 56.8 Å². The summed E-state index contributed by atoms with van der Waals surface area (Å²) in [7, 11) is 0. The standard InChI is InChI=1S/C20H21F3O5S2/c21-20(22,23)11-3-1-10(2-4-11)7-12-8-13-14(29-12)5-6-28-19(13)18(27)17(26)16(25)15(9-24)30-19/h1-4,8,15-18,24-27H,5-7,9H2/t15-,16-,17+,18-,19+/m1/s1. The Morgan fingerprint density at radius 3 is 2.43 bits per heavy atom. The number of halogens is 3. The van der Waals surface area contributed by atoms with E-state index >= 15 is 0 Å². The number of thiophene rings is 1. The molecule has 1 saturated heterocycles. The highest BCUT2D eigenvalue weighted by atomic mass is 32.2. The average molecular weight is 463 g/mol. The van der Waals surface area contributed by atoms with Crippen LogP contribution >= 0.6 is 23.1 Å². The summed E-state index contributed by atoms with van der Waals surface area (Å²) in [6.07, 6.45) is -7.53. The van der Waals surface area contributed by atoms with Crippen LogP contribution in [0, 0.1) is 0 Å². The Bertz CT molecular complexity index is 899. The minimum absolute atomic E-state index is 0.304. The highest BCUT2D eigenvalue weighted by molar-refractivity contribution is 8.00. The topological polar surface area (TPSA) is 90.2 Å². The molecular formula is C20H21F3O5S2. The van der Waals surface area contributed by atoms with Crippen molar-refractivity contribution in [3.8, 4) is 0 Å². The lowest BCUT2D eigenvalue weighted by Crippen LogP contribution is -2.60. The first-order valence-corrected chi connectivity index (χ1v) is 11.1. The Kier molecular flexibility index (Phi) is 5.95. The zero-order valence-electron chi connectivity index (χ0n) is 15.7. The van der Waals surface area contributed by atoms with Gasteiger partial charge in [0.05, 0.1) is 30.1 Å². The number of rotatable bonds is 3. The van der Waals surface area contributed by atoms with Crippen LogP contribution in [0.15, 0.2) is 30.3 Å². The van der Waals surface area contributed by atoms with Crippen molar-refractivity contribution in [2.45, 2.75) is 47.5 Å². The average Bonchev–Trinajstić information content (AvgIpc) is 3.12. The molecule has 2 aromatic rings. The van der Waals surface area contributed by atoms with Gasteiger partial charge in [0.2, 0.25) is 0 Å². The van der Waals surface area contributed by atoms with Gasteiger partial charge in [-0.2, -0.15) is 13.2 Å². The van der Waals surface area contributed by atoms with Crippen LogP contribution in [0.5, 0.6) is 0 Å². The lowest BCUT2D eigenvalue weighted by molar-refractivity contribution is -0.155. The third-order valence-electron chi connectivity index (χ3n) is 5.49. The molecule has 0 bridgehead atoms. The van der Waals surface area contributed by atoms with Crippen LogP contribution in [0.25, 0.3) is 0 Å². The smallest absolute Gasteiger partial charge is 0.395 e. The molecule has 1 aromatic carbocycles. The van der Waals surface area contributed by atoms with Gasteiger partial charge in [-0.3, -0.25) is 0 Å². The highest BCUT2D eigenvalue weighted by Crippen LogP contribution is 2.53. The van der Waals surface area contributed by atoms with E-state index < -0.39 is 46.8 Å². The third kappa shape index (κ3) is 3.79. The molecule has 4 N–H and O–H groups in total. The first-order valence-electron chi connectivity index (χ1n) is 9.40. The molecule has 1 aromatic heterocycles. The summed E-state index contributed by atoms with van der Waals surface area (Å²) in [5, 5.41) is 40.1. The van der Waals surface area contributed by atoms with E-state index in [4.69, 9.17) is 4.74 Å². The fraction of sp³-hybridized carbons (Fsp3) is 0.500. The van der Waals surface area contributed by atoms with E-state index in [1.165, 1.54) is 23.5 Å². The van der Waals surface area contributed by atoms with Gasteiger partial charge >= 0.3 is 6.18 Å². The van der Waals surface area contributed by atoms with E-state index in [2.05, 4.69) is 0 Å². The van der Waals surface area contributed by atoms with E-state index in [0.717, 1.165) is 39.2 Å². The zero-order chi connectivity index (χ0) is 21.7. The maximum atomic E-state index is 12.8. The Hall–Kier alpha value is -1.14. The summed E-state index contributed by atoms with van der Waals surface area (Å²) in [5.74, 6) is 0. The molecule has 0 aliphatic carbocycles. The van der Waals surface area contributed by atoms with Gasteiger partial charge in [0.15, 0.2) is 4.93 Å². The summed E-state index contributed by atoms with van der Waals surface area (Å²) in [4.78, 5) is 0.530. The minimum atomic E-state index is -4.38. The van der Waals surface area contributed by atoms with E-state index in [0.29, 0.717) is 25.0 Å². The van der Waals surface area contributed by atoms with Crippen LogP contribution in [0.2, 0.25) is 0 Å². The molecule has 0 amide bonds. The summed E-state index contributed by atoms with van der Waals surface area (Å²) >= 11 is 2.58. The van der Waals surface area contributed by atoms with Gasteiger partial charge in [-0.1, -0.05) is 12.1 Å². The van der Waals surface area contributed by atoms with Crippen LogP contribution in [-0.4, -0.2) is 57.2 Å². The van der Waals surface area contributed by atoms with E-state index in [-0.39, 0.29) is 0 Å². The van der Waals surface area contributed by atoms with Crippen molar-refractivity contribution in [1.29, 1.82) is 0 Å². The normalized spacial score (nSPS) is 31.7. The molecule has 30 heavy (non-hydrogen) atoms. The Labute approximate surface area is 179 Å². The molecule has 1 fully saturated rings. The molecular weight excluding hydrogens is 441 g/mol. The Morgan fingerprint density at radius 1 is 1.10 bits per heavy atom.